The van der Waals surface area contributed by atoms with Crippen molar-refractivity contribution >= 4 is 22.8 Å². The van der Waals surface area contributed by atoms with E-state index in [-0.39, 0.29) is 46.3 Å². The van der Waals surface area contributed by atoms with E-state index >= 15 is 0 Å². The molecule has 7 nitrogen and oxygen atoms in total. The molecule has 0 aliphatic heterocycles. The van der Waals surface area contributed by atoms with Gasteiger partial charge in [0, 0.05) is 11.8 Å². The second kappa shape index (κ2) is 7.75. The number of allylic oxidation sites excluding steroid dienone is 1. The van der Waals surface area contributed by atoms with Crippen LogP contribution in [0.15, 0.2) is 35.9 Å². The summed E-state index contributed by atoms with van der Waals surface area (Å²) in [5, 5.41) is 20.3. The van der Waals surface area contributed by atoms with Gasteiger partial charge in [0.2, 0.25) is 0 Å². The number of fused-ring (bicyclic) bond motifs is 6. The number of hydrogen-bond donors (Lipinski definition) is 1. The van der Waals surface area contributed by atoms with Crippen LogP contribution in [-0.2, 0) is 9.59 Å². The smallest absolute Gasteiger partial charge is 0.341 e. The number of para-hydroxylation sites is 1. The zero-order valence-corrected chi connectivity index (χ0v) is 22.8. The Labute approximate surface area is 218 Å². The summed E-state index contributed by atoms with van der Waals surface area (Å²) in [6.45, 7) is 13.2. The third-order valence-electron chi connectivity index (χ3n) is 12.2. The molecule has 198 valence electrons. The van der Waals surface area contributed by atoms with Crippen LogP contribution in [0.25, 0.3) is 11.0 Å². The normalized spacial score (nSPS) is 45.1. The molecule has 1 N–H and O–H groups in total. The minimum absolute atomic E-state index is 0.0762. The van der Waals surface area contributed by atoms with E-state index in [2.05, 4.69) is 44.9 Å². The molecule has 0 bridgehead atoms. The van der Waals surface area contributed by atoms with Gasteiger partial charge in [0.25, 0.3) is 0 Å². The molecule has 0 spiro atoms. The molecule has 4 aliphatic rings. The topological polar surface area (TPSA) is 94.3 Å². The summed E-state index contributed by atoms with van der Waals surface area (Å²) in [6, 6.07) is 7.43. The van der Waals surface area contributed by atoms with Gasteiger partial charge in [-0.1, -0.05) is 57.2 Å². The van der Waals surface area contributed by atoms with Crippen LogP contribution in [0.1, 0.15) is 73.6 Å². The number of carbonyl (C=O) groups is 2. The Balaban J connectivity index is 1.39. The Hall–Kier alpha value is -2.54. The minimum Gasteiger partial charge on any atom is -0.392 e. The van der Waals surface area contributed by atoms with Crippen molar-refractivity contribution in [2.75, 3.05) is 0 Å². The average molecular weight is 506 g/mol. The fourth-order valence-electron chi connectivity index (χ4n) is 9.48. The fourth-order valence-corrected chi connectivity index (χ4v) is 9.48. The zero-order chi connectivity index (χ0) is 26.5. The Morgan fingerprint density at radius 1 is 1.11 bits per heavy atom. The maximum Gasteiger partial charge on any atom is 0.341 e. The lowest BCUT2D eigenvalue weighted by Gasteiger charge is -2.67. The molecule has 0 radical (unpaired) electrons. The predicted octanol–water partition coefficient (Wildman–Crippen LogP) is 4.78. The Morgan fingerprint density at radius 3 is 2.59 bits per heavy atom. The summed E-state index contributed by atoms with van der Waals surface area (Å²) in [5.74, 6) is 0.762. The average Bonchev–Trinajstić information content (AvgIpc) is 3.35. The highest BCUT2D eigenvalue weighted by molar-refractivity contribution is 5.92. The Kier molecular flexibility index (Phi) is 5.19. The van der Waals surface area contributed by atoms with Crippen molar-refractivity contribution in [1.82, 2.24) is 15.2 Å². The molecule has 9 atom stereocenters. The quantitative estimate of drug-likeness (QED) is 0.591. The number of aliphatic hydroxyl groups is 1. The highest BCUT2D eigenvalue weighted by Gasteiger charge is 2.73. The summed E-state index contributed by atoms with van der Waals surface area (Å²) < 4.78 is 0. The molecule has 0 amide bonds. The Morgan fingerprint density at radius 2 is 1.84 bits per heavy atom. The van der Waals surface area contributed by atoms with E-state index in [4.69, 9.17) is 4.84 Å². The third kappa shape index (κ3) is 2.92. The number of hydrogen-bond acceptors (Lipinski definition) is 6. The molecule has 2 aromatic rings. The van der Waals surface area contributed by atoms with Gasteiger partial charge in [-0.05, 0) is 90.5 Å². The molecule has 0 saturated heterocycles. The number of aromatic nitrogens is 3. The number of ketones is 1. The first-order valence-electron chi connectivity index (χ1n) is 13.8. The maximum atomic E-state index is 14.0. The van der Waals surface area contributed by atoms with Crippen LogP contribution in [0.2, 0.25) is 0 Å². The summed E-state index contributed by atoms with van der Waals surface area (Å²) in [7, 11) is 0. The van der Waals surface area contributed by atoms with Gasteiger partial charge in [-0.25, -0.2) is 4.79 Å². The molecular formula is C30H39N3O4. The highest BCUT2D eigenvalue weighted by atomic mass is 16.7. The first kappa shape index (κ1) is 24.8. The molecule has 37 heavy (non-hydrogen) atoms. The van der Waals surface area contributed by atoms with Gasteiger partial charge in [0.15, 0.2) is 5.78 Å². The van der Waals surface area contributed by atoms with Crippen molar-refractivity contribution in [3.63, 3.8) is 0 Å². The van der Waals surface area contributed by atoms with Gasteiger partial charge in [-0.3, -0.25) is 4.79 Å². The Bertz CT molecular complexity index is 1330. The highest BCUT2D eigenvalue weighted by Crippen LogP contribution is 2.75. The van der Waals surface area contributed by atoms with Gasteiger partial charge in [-0.2, -0.15) is 0 Å². The van der Waals surface area contributed by atoms with E-state index in [1.807, 2.05) is 37.3 Å². The molecular weight excluding hydrogens is 466 g/mol. The number of carbonyl (C=O) groups excluding carboxylic acids is 2. The minimum atomic E-state index is -0.796. The van der Waals surface area contributed by atoms with Crippen LogP contribution in [-0.4, -0.2) is 38.1 Å². The lowest BCUT2D eigenvalue weighted by Crippen LogP contribution is -2.66. The third-order valence-corrected chi connectivity index (χ3v) is 12.2. The number of nitrogens with zero attached hydrogens (tertiary/aromatic N) is 3. The predicted molar refractivity (Wildman–Crippen MR) is 139 cm³/mol. The SMILES string of the molecule is CC1CC2C3CC(C)[C@](C)(C(=O)On4nnc5ccccc54)[C@@]3(C)C[C@H](O)C2(C)[C@@]2(C)CCC(=O)C=C12. The molecule has 1 heterocycles. The van der Waals surface area contributed by atoms with Crippen LogP contribution >= 0.6 is 0 Å². The monoisotopic (exact) mass is 505 g/mol. The van der Waals surface area contributed by atoms with Crippen LogP contribution in [0, 0.1) is 45.3 Å². The van der Waals surface area contributed by atoms with Crippen molar-refractivity contribution in [3.8, 4) is 0 Å². The van der Waals surface area contributed by atoms with Crippen LogP contribution in [0.3, 0.4) is 0 Å². The largest absolute Gasteiger partial charge is 0.392 e. The molecule has 3 fully saturated rings. The standard InChI is InChI=1S/C30H39N3O4/c1-17-13-22-21-14-18(2)29(5,26(36)37-33-24-10-8-7-9-23(24)31-32-33)28(21,4)16-25(35)30(22,6)27(3)12-11-19(34)15-20(17)27/h7-10,15,17-18,21-22,25,35H,11-14,16H2,1-6H3/t17?,18?,21?,22?,25-,27-,28-,29+,30?/m0/s1. The maximum absolute atomic E-state index is 14.0. The number of rotatable bonds is 2. The molecule has 3 saturated carbocycles. The molecule has 6 rings (SSSR count). The molecule has 1 aromatic heterocycles. The summed E-state index contributed by atoms with van der Waals surface area (Å²) in [6.07, 6.45) is 4.99. The van der Waals surface area contributed by atoms with E-state index < -0.39 is 16.9 Å². The lowest BCUT2D eigenvalue weighted by atomic mass is 9.37. The van der Waals surface area contributed by atoms with Crippen LogP contribution in [0.4, 0.5) is 0 Å². The van der Waals surface area contributed by atoms with E-state index in [1.54, 1.807) is 0 Å². The molecule has 5 unspecified atom stereocenters. The number of aliphatic hydroxyl groups excluding tert-OH is 1. The van der Waals surface area contributed by atoms with Gasteiger partial charge >= 0.3 is 5.97 Å². The fraction of sp³-hybridized carbons (Fsp3) is 0.667. The first-order chi connectivity index (χ1) is 17.4. The van der Waals surface area contributed by atoms with E-state index in [0.717, 1.165) is 19.3 Å². The van der Waals surface area contributed by atoms with Gasteiger partial charge in [-0.15, -0.1) is 5.10 Å². The van der Waals surface area contributed by atoms with E-state index in [1.165, 1.54) is 10.4 Å². The number of benzene rings is 1. The molecule has 4 aliphatic carbocycles. The van der Waals surface area contributed by atoms with Crippen molar-refractivity contribution in [2.24, 2.45) is 45.3 Å². The molecule has 1 aromatic carbocycles. The van der Waals surface area contributed by atoms with E-state index in [9.17, 15) is 14.7 Å². The van der Waals surface area contributed by atoms with Crippen molar-refractivity contribution in [1.29, 1.82) is 0 Å². The summed E-state index contributed by atoms with van der Waals surface area (Å²) in [4.78, 5) is 33.6. The zero-order valence-electron chi connectivity index (χ0n) is 22.8. The summed E-state index contributed by atoms with van der Waals surface area (Å²) >= 11 is 0. The summed E-state index contributed by atoms with van der Waals surface area (Å²) in [5.41, 5.74) is 0.729. The van der Waals surface area contributed by atoms with Crippen LogP contribution < -0.4 is 4.84 Å². The van der Waals surface area contributed by atoms with E-state index in [0.29, 0.717) is 23.9 Å². The second-order valence-electron chi connectivity index (χ2n) is 13.3. The molecule has 7 heteroatoms. The van der Waals surface area contributed by atoms with Gasteiger partial charge < -0.3 is 9.94 Å². The first-order valence-corrected chi connectivity index (χ1v) is 13.8. The van der Waals surface area contributed by atoms with Crippen molar-refractivity contribution in [3.05, 3.63) is 35.9 Å². The lowest BCUT2D eigenvalue weighted by molar-refractivity contribution is -0.212. The van der Waals surface area contributed by atoms with Gasteiger partial charge in [0.05, 0.1) is 11.5 Å². The van der Waals surface area contributed by atoms with Crippen molar-refractivity contribution in [2.45, 2.75) is 79.8 Å². The second-order valence-corrected chi connectivity index (χ2v) is 13.3. The van der Waals surface area contributed by atoms with Crippen molar-refractivity contribution < 1.29 is 19.5 Å². The van der Waals surface area contributed by atoms with Gasteiger partial charge in [0.1, 0.15) is 11.0 Å². The van der Waals surface area contributed by atoms with Crippen LogP contribution in [0.5, 0.6) is 0 Å².